The second kappa shape index (κ2) is 8.48. The van der Waals surface area contributed by atoms with Crippen LogP contribution in [0.3, 0.4) is 0 Å². The summed E-state index contributed by atoms with van der Waals surface area (Å²) in [6, 6.07) is 0.426. The molecule has 80 valence electrons. The summed E-state index contributed by atoms with van der Waals surface area (Å²) in [6.45, 7) is 4.87. The minimum absolute atomic E-state index is 0.330. The van der Waals surface area contributed by atoms with Crippen LogP contribution in [0, 0.1) is 0 Å². The van der Waals surface area contributed by atoms with E-state index in [0.717, 1.165) is 6.42 Å². The molecular weight excluding hydrogens is 164 g/mol. The van der Waals surface area contributed by atoms with Crippen molar-refractivity contribution in [1.82, 2.24) is 4.90 Å². The Hall–Kier alpha value is -0.120. The highest BCUT2D eigenvalue weighted by Gasteiger charge is 2.17. The van der Waals surface area contributed by atoms with Crippen molar-refractivity contribution in [3.63, 3.8) is 0 Å². The Morgan fingerprint density at radius 1 is 1.23 bits per heavy atom. The first-order valence-corrected chi connectivity index (χ1v) is 5.31. The molecule has 1 unspecified atom stereocenters. The summed E-state index contributed by atoms with van der Waals surface area (Å²) in [5, 5.41) is 9.04. The molecule has 1 fully saturated rings. The molecule has 3 nitrogen and oxygen atoms in total. The van der Waals surface area contributed by atoms with E-state index in [0.29, 0.717) is 12.6 Å². The van der Waals surface area contributed by atoms with Gasteiger partial charge < -0.3 is 10.8 Å². The van der Waals surface area contributed by atoms with E-state index in [1.807, 2.05) is 0 Å². The lowest BCUT2D eigenvalue weighted by atomic mass is 10.1. The highest BCUT2D eigenvalue weighted by atomic mass is 16.3. The summed E-state index contributed by atoms with van der Waals surface area (Å²) in [6.07, 6.45) is 5.09. The number of aliphatic hydroxyl groups is 1. The second-order valence-corrected chi connectivity index (χ2v) is 3.34. The molecule has 0 spiro atoms. The molecule has 3 heteroatoms. The number of nitrogens with two attached hydrogens (primary N) is 1. The molecule has 13 heavy (non-hydrogen) atoms. The molecule has 0 aliphatic carbocycles. The Morgan fingerprint density at radius 3 is 2.15 bits per heavy atom. The van der Waals surface area contributed by atoms with E-state index in [1.165, 1.54) is 39.4 Å². The van der Waals surface area contributed by atoms with Crippen LogP contribution in [0.1, 0.15) is 32.6 Å². The van der Waals surface area contributed by atoms with Gasteiger partial charge in [-0.15, -0.1) is 0 Å². The van der Waals surface area contributed by atoms with Gasteiger partial charge in [0.05, 0.1) is 6.61 Å². The summed E-state index contributed by atoms with van der Waals surface area (Å²) >= 11 is 0. The van der Waals surface area contributed by atoms with Crippen LogP contribution in [0.5, 0.6) is 0 Å². The molecule has 3 N–H and O–H groups in total. The van der Waals surface area contributed by atoms with E-state index >= 15 is 0 Å². The monoisotopic (exact) mass is 188 g/mol. The summed E-state index contributed by atoms with van der Waals surface area (Å²) in [5.41, 5.74) is 4.50. The minimum atomic E-state index is 0.330. The zero-order valence-electron chi connectivity index (χ0n) is 9.00. The fourth-order valence-electron chi connectivity index (χ4n) is 1.79. The molecule has 0 amide bonds. The van der Waals surface area contributed by atoms with Crippen molar-refractivity contribution in [2.75, 3.05) is 26.7 Å². The highest BCUT2D eigenvalue weighted by Crippen LogP contribution is 2.13. The summed E-state index contributed by atoms with van der Waals surface area (Å²) in [4.78, 5) is 2.42. The number of nitrogens with zero attached hydrogens (tertiary/aromatic N) is 1. The molecule has 0 aromatic rings. The molecule has 0 bridgehead atoms. The predicted molar refractivity (Wildman–Crippen MR) is 56.7 cm³/mol. The average molecular weight is 188 g/mol. The molecular formula is C10H24N2O. The van der Waals surface area contributed by atoms with Gasteiger partial charge in [-0.3, -0.25) is 4.90 Å². The molecule has 0 saturated carbocycles. The van der Waals surface area contributed by atoms with Gasteiger partial charge in [0.2, 0.25) is 0 Å². The Labute approximate surface area is 81.9 Å². The normalized spacial score (nSPS) is 20.3. The van der Waals surface area contributed by atoms with Gasteiger partial charge in [0.15, 0.2) is 0 Å². The van der Waals surface area contributed by atoms with Gasteiger partial charge in [-0.1, -0.05) is 13.3 Å². The highest BCUT2D eigenvalue weighted by molar-refractivity contribution is 4.72. The van der Waals surface area contributed by atoms with Gasteiger partial charge in [0.25, 0.3) is 0 Å². The van der Waals surface area contributed by atoms with Crippen LogP contribution in [-0.2, 0) is 0 Å². The number of likely N-dealkylation sites (tertiary alicyclic amines) is 1. The van der Waals surface area contributed by atoms with Gasteiger partial charge in [-0.2, -0.15) is 0 Å². The maximum atomic E-state index is 9.04. The van der Waals surface area contributed by atoms with Crippen LogP contribution in [-0.4, -0.2) is 42.8 Å². The van der Waals surface area contributed by atoms with Crippen molar-refractivity contribution < 1.29 is 5.11 Å². The molecule has 0 aromatic heterocycles. The van der Waals surface area contributed by atoms with E-state index in [1.54, 1.807) is 0 Å². The molecule has 1 aliphatic rings. The number of hydrogen-bond donors (Lipinski definition) is 2. The van der Waals surface area contributed by atoms with Crippen LogP contribution in [0.2, 0.25) is 0 Å². The van der Waals surface area contributed by atoms with Gasteiger partial charge in [-0.25, -0.2) is 0 Å². The van der Waals surface area contributed by atoms with E-state index in [2.05, 4.69) is 17.6 Å². The molecule has 0 radical (unpaired) electrons. The van der Waals surface area contributed by atoms with Crippen molar-refractivity contribution in [3.05, 3.63) is 0 Å². The van der Waals surface area contributed by atoms with Crippen LogP contribution in [0.4, 0.5) is 0 Å². The summed E-state index contributed by atoms with van der Waals surface area (Å²) in [7, 11) is 1.50. The minimum Gasteiger partial charge on any atom is -0.395 e. The van der Waals surface area contributed by atoms with Crippen molar-refractivity contribution in [1.29, 1.82) is 0 Å². The maximum Gasteiger partial charge on any atom is 0.0586 e. The van der Waals surface area contributed by atoms with Gasteiger partial charge in [-0.05, 0) is 39.4 Å². The number of hydrogen-bond acceptors (Lipinski definition) is 3. The van der Waals surface area contributed by atoms with E-state index < -0.39 is 0 Å². The lowest BCUT2D eigenvalue weighted by Gasteiger charge is -2.32. The standard InChI is InChI=1S/C9H19NO.CH5N/c1-2-9(8-11)10-6-4-3-5-7-10;1-2/h9,11H,2-8H2,1H3;2H2,1H3. The van der Waals surface area contributed by atoms with Gasteiger partial charge >= 0.3 is 0 Å². The topological polar surface area (TPSA) is 49.5 Å². The van der Waals surface area contributed by atoms with Crippen LogP contribution < -0.4 is 5.73 Å². The van der Waals surface area contributed by atoms with Gasteiger partial charge in [0.1, 0.15) is 0 Å². The van der Waals surface area contributed by atoms with Crippen LogP contribution in [0.15, 0.2) is 0 Å². The van der Waals surface area contributed by atoms with Crippen molar-refractivity contribution in [2.24, 2.45) is 5.73 Å². The van der Waals surface area contributed by atoms with Gasteiger partial charge in [0, 0.05) is 6.04 Å². The zero-order chi connectivity index (χ0) is 10.1. The Bertz CT molecular complexity index is 99.1. The van der Waals surface area contributed by atoms with Crippen LogP contribution in [0.25, 0.3) is 0 Å². The lowest BCUT2D eigenvalue weighted by Crippen LogP contribution is -2.40. The molecule has 1 saturated heterocycles. The first-order valence-electron chi connectivity index (χ1n) is 5.31. The third-order valence-corrected chi connectivity index (χ3v) is 2.59. The average Bonchev–Trinajstić information content (AvgIpc) is 2.24. The lowest BCUT2D eigenvalue weighted by molar-refractivity contribution is 0.101. The Balaban J connectivity index is 0.000000671. The smallest absolute Gasteiger partial charge is 0.0586 e. The van der Waals surface area contributed by atoms with Crippen molar-refractivity contribution in [3.8, 4) is 0 Å². The zero-order valence-corrected chi connectivity index (χ0v) is 9.00. The fourth-order valence-corrected chi connectivity index (χ4v) is 1.79. The predicted octanol–water partition coefficient (Wildman–Crippen LogP) is 0.818. The number of aliphatic hydroxyl groups excluding tert-OH is 1. The first-order chi connectivity index (χ1) is 6.38. The van der Waals surface area contributed by atoms with E-state index in [9.17, 15) is 0 Å². The molecule has 1 aliphatic heterocycles. The summed E-state index contributed by atoms with van der Waals surface area (Å²) < 4.78 is 0. The van der Waals surface area contributed by atoms with Crippen molar-refractivity contribution >= 4 is 0 Å². The largest absolute Gasteiger partial charge is 0.395 e. The molecule has 1 heterocycles. The number of rotatable bonds is 3. The number of piperidine rings is 1. The third kappa shape index (κ3) is 4.60. The quantitative estimate of drug-likeness (QED) is 0.689. The Kier molecular flexibility index (Phi) is 8.40. The van der Waals surface area contributed by atoms with Crippen LogP contribution >= 0.6 is 0 Å². The second-order valence-electron chi connectivity index (χ2n) is 3.34. The SMILES string of the molecule is CCC(CO)N1CCCCC1.CN. The fraction of sp³-hybridized carbons (Fsp3) is 1.00. The summed E-state index contributed by atoms with van der Waals surface area (Å²) in [5.74, 6) is 0. The molecule has 0 aromatic carbocycles. The molecule has 1 rings (SSSR count). The van der Waals surface area contributed by atoms with E-state index in [-0.39, 0.29) is 0 Å². The Morgan fingerprint density at radius 2 is 1.77 bits per heavy atom. The third-order valence-electron chi connectivity index (χ3n) is 2.59. The van der Waals surface area contributed by atoms with Crippen molar-refractivity contribution in [2.45, 2.75) is 38.6 Å². The van der Waals surface area contributed by atoms with E-state index in [4.69, 9.17) is 5.11 Å². The maximum absolute atomic E-state index is 9.04. The first kappa shape index (κ1) is 12.9. The molecule has 1 atom stereocenters.